The predicted molar refractivity (Wildman–Crippen MR) is 88.6 cm³/mol. The normalized spacial score (nSPS) is 17.2. The second kappa shape index (κ2) is 7.53. The van der Waals surface area contributed by atoms with Gasteiger partial charge in [0, 0.05) is 23.9 Å². The van der Waals surface area contributed by atoms with Crippen molar-refractivity contribution in [3.8, 4) is 0 Å². The van der Waals surface area contributed by atoms with Crippen LogP contribution in [0, 0.1) is 0 Å². The molecular weight excluding hydrogens is 316 g/mol. The van der Waals surface area contributed by atoms with Crippen LogP contribution in [-0.2, 0) is 11.3 Å². The van der Waals surface area contributed by atoms with Gasteiger partial charge in [0.1, 0.15) is 5.76 Å². The lowest BCUT2D eigenvalue weighted by Crippen LogP contribution is -2.39. The first-order valence-corrected chi connectivity index (χ1v) is 8.04. The number of furan rings is 1. The molecular formula is C17H19ClN2O3. The fourth-order valence-corrected chi connectivity index (χ4v) is 2.80. The number of nitrogens with zero attached hydrogens (tertiary/aromatic N) is 1. The highest BCUT2D eigenvalue weighted by Gasteiger charge is 2.23. The van der Waals surface area contributed by atoms with Gasteiger partial charge in [0.05, 0.1) is 18.9 Å². The smallest absolute Gasteiger partial charge is 0.322 e. The predicted octanol–water partition coefficient (Wildman–Crippen LogP) is 4.15. The minimum atomic E-state index is -0.195. The van der Waals surface area contributed by atoms with Gasteiger partial charge in [-0.2, -0.15) is 0 Å². The first-order chi connectivity index (χ1) is 11.2. The summed E-state index contributed by atoms with van der Waals surface area (Å²) < 4.78 is 11.0. The number of carbonyl (C=O) groups excluding carboxylic acids is 1. The topological polar surface area (TPSA) is 54.7 Å². The molecule has 0 aliphatic carbocycles. The molecule has 1 unspecified atom stereocenters. The zero-order chi connectivity index (χ0) is 16.1. The minimum absolute atomic E-state index is 0.0788. The lowest BCUT2D eigenvalue weighted by Gasteiger charge is -2.25. The molecule has 2 amide bonds. The largest absolute Gasteiger partial charge is 0.467 e. The van der Waals surface area contributed by atoms with Crippen molar-refractivity contribution in [2.24, 2.45) is 0 Å². The number of halogens is 1. The van der Waals surface area contributed by atoms with Crippen LogP contribution in [0.3, 0.4) is 0 Å². The lowest BCUT2D eigenvalue weighted by molar-refractivity contribution is 0.0803. The summed E-state index contributed by atoms with van der Waals surface area (Å²) in [6, 6.07) is 10.6. The Morgan fingerprint density at radius 3 is 2.96 bits per heavy atom. The van der Waals surface area contributed by atoms with E-state index in [0.717, 1.165) is 25.2 Å². The molecule has 1 aromatic heterocycles. The Labute approximate surface area is 140 Å². The molecule has 1 saturated heterocycles. The quantitative estimate of drug-likeness (QED) is 0.893. The highest BCUT2D eigenvalue weighted by Crippen LogP contribution is 2.18. The number of hydrogen-bond acceptors (Lipinski definition) is 3. The molecule has 1 aliphatic heterocycles. The third kappa shape index (κ3) is 4.50. The Hall–Kier alpha value is -1.98. The van der Waals surface area contributed by atoms with E-state index in [4.69, 9.17) is 20.8 Å². The van der Waals surface area contributed by atoms with Gasteiger partial charge >= 0.3 is 6.03 Å². The number of rotatable bonds is 5. The molecule has 6 heteroatoms. The molecule has 0 radical (unpaired) electrons. The van der Waals surface area contributed by atoms with Crippen LogP contribution in [0.25, 0.3) is 0 Å². The van der Waals surface area contributed by atoms with Gasteiger partial charge in [-0.1, -0.05) is 17.7 Å². The summed E-state index contributed by atoms with van der Waals surface area (Å²) >= 11 is 5.96. The molecule has 0 saturated carbocycles. The van der Waals surface area contributed by atoms with Crippen LogP contribution < -0.4 is 5.32 Å². The van der Waals surface area contributed by atoms with Crippen LogP contribution in [0.2, 0.25) is 5.02 Å². The maximum atomic E-state index is 12.6. The Bertz CT molecular complexity index is 639. The van der Waals surface area contributed by atoms with Crippen LogP contribution in [0.5, 0.6) is 0 Å². The average molecular weight is 335 g/mol. The van der Waals surface area contributed by atoms with E-state index in [0.29, 0.717) is 23.8 Å². The first kappa shape index (κ1) is 15.9. The first-order valence-electron chi connectivity index (χ1n) is 7.66. The average Bonchev–Trinajstić information content (AvgIpc) is 3.20. The minimum Gasteiger partial charge on any atom is -0.467 e. The van der Waals surface area contributed by atoms with Gasteiger partial charge < -0.3 is 19.4 Å². The zero-order valence-corrected chi connectivity index (χ0v) is 13.5. The number of ether oxygens (including phenoxy) is 1. The fourth-order valence-electron chi connectivity index (χ4n) is 2.61. The van der Waals surface area contributed by atoms with E-state index in [-0.39, 0.29) is 12.1 Å². The van der Waals surface area contributed by atoms with E-state index >= 15 is 0 Å². The second-order valence-corrected chi connectivity index (χ2v) is 5.97. The third-order valence-corrected chi connectivity index (χ3v) is 3.97. The molecule has 1 aromatic carbocycles. The Kier molecular flexibility index (Phi) is 5.20. The molecule has 3 rings (SSSR count). The number of anilines is 1. The van der Waals surface area contributed by atoms with Crippen molar-refractivity contribution < 1.29 is 13.9 Å². The molecule has 1 N–H and O–H groups in total. The monoisotopic (exact) mass is 334 g/mol. The van der Waals surface area contributed by atoms with Crippen molar-refractivity contribution in [3.63, 3.8) is 0 Å². The summed E-state index contributed by atoms with van der Waals surface area (Å²) in [5.41, 5.74) is 0.666. The van der Waals surface area contributed by atoms with Gasteiger partial charge in [0.25, 0.3) is 0 Å². The number of carbonyl (C=O) groups is 1. The van der Waals surface area contributed by atoms with E-state index in [1.165, 1.54) is 0 Å². The molecule has 122 valence electrons. The van der Waals surface area contributed by atoms with Crippen molar-refractivity contribution in [2.75, 3.05) is 18.5 Å². The van der Waals surface area contributed by atoms with Crippen LogP contribution in [0.15, 0.2) is 47.1 Å². The second-order valence-electron chi connectivity index (χ2n) is 5.54. The summed E-state index contributed by atoms with van der Waals surface area (Å²) in [7, 11) is 0. The van der Waals surface area contributed by atoms with Crippen LogP contribution in [0.4, 0.5) is 10.5 Å². The number of hydrogen-bond donors (Lipinski definition) is 1. The molecule has 0 bridgehead atoms. The van der Waals surface area contributed by atoms with Crippen molar-refractivity contribution in [1.82, 2.24) is 4.90 Å². The van der Waals surface area contributed by atoms with Gasteiger partial charge in [0.2, 0.25) is 0 Å². The Balaban J connectivity index is 1.68. The maximum absolute atomic E-state index is 12.6. The van der Waals surface area contributed by atoms with Crippen molar-refractivity contribution >= 4 is 23.3 Å². The van der Waals surface area contributed by atoms with Gasteiger partial charge in [-0.3, -0.25) is 0 Å². The Morgan fingerprint density at radius 1 is 1.35 bits per heavy atom. The summed E-state index contributed by atoms with van der Waals surface area (Å²) in [4.78, 5) is 14.3. The van der Waals surface area contributed by atoms with E-state index < -0.39 is 0 Å². The number of nitrogens with one attached hydrogen (secondary N) is 1. The summed E-state index contributed by atoms with van der Waals surface area (Å²) in [5, 5.41) is 3.46. The number of urea groups is 1. The molecule has 0 spiro atoms. The van der Waals surface area contributed by atoms with Gasteiger partial charge in [-0.25, -0.2) is 4.79 Å². The molecule has 1 fully saturated rings. The van der Waals surface area contributed by atoms with Gasteiger partial charge in [0.15, 0.2) is 0 Å². The maximum Gasteiger partial charge on any atom is 0.322 e. The van der Waals surface area contributed by atoms with E-state index in [1.807, 2.05) is 12.1 Å². The molecule has 5 nitrogen and oxygen atoms in total. The van der Waals surface area contributed by atoms with Crippen LogP contribution in [-0.4, -0.2) is 30.2 Å². The molecule has 1 atom stereocenters. The molecule has 1 aliphatic rings. The standard InChI is InChI=1S/C17H19ClN2O3/c18-13-4-1-5-14(10-13)19-17(21)20(11-15-6-2-8-22-15)12-16-7-3-9-23-16/h1-2,4-6,8,10,16H,3,7,9,11-12H2,(H,19,21). The molecule has 2 heterocycles. The van der Waals surface area contributed by atoms with Crippen LogP contribution >= 0.6 is 11.6 Å². The van der Waals surface area contributed by atoms with Crippen molar-refractivity contribution in [2.45, 2.75) is 25.5 Å². The fraction of sp³-hybridized carbons (Fsp3) is 0.353. The van der Waals surface area contributed by atoms with Crippen molar-refractivity contribution in [3.05, 3.63) is 53.4 Å². The molecule has 23 heavy (non-hydrogen) atoms. The zero-order valence-electron chi connectivity index (χ0n) is 12.7. The van der Waals surface area contributed by atoms with Crippen LogP contribution in [0.1, 0.15) is 18.6 Å². The van der Waals surface area contributed by atoms with Gasteiger partial charge in [-0.15, -0.1) is 0 Å². The third-order valence-electron chi connectivity index (χ3n) is 3.74. The van der Waals surface area contributed by atoms with E-state index in [9.17, 15) is 4.79 Å². The highest BCUT2D eigenvalue weighted by molar-refractivity contribution is 6.30. The number of benzene rings is 1. The van der Waals surface area contributed by atoms with Gasteiger partial charge in [-0.05, 0) is 43.2 Å². The summed E-state index contributed by atoms with van der Waals surface area (Å²) in [6.45, 7) is 1.70. The Morgan fingerprint density at radius 2 is 2.26 bits per heavy atom. The number of amides is 2. The highest BCUT2D eigenvalue weighted by atomic mass is 35.5. The van der Waals surface area contributed by atoms with E-state index in [2.05, 4.69) is 5.32 Å². The molecule has 2 aromatic rings. The summed E-state index contributed by atoms with van der Waals surface area (Å²) in [5.74, 6) is 0.740. The SMILES string of the molecule is O=C(Nc1cccc(Cl)c1)N(Cc1ccco1)CC1CCCO1. The van der Waals surface area contributed by atoms with E-state index in [1.54, 1.807) is 35.4 Å². The lowest BCUT2D eigenvalue weighted by atomic mass is 10.2. The summed E-state index contributed by atoms with van der Waals surface area (Å²) in [6.07, 6.45) is 3.69. The van der Waals surface area contributed by atoms with Crippen molar-refractivity contribution in [1.29, 1.82) is 0 Å².